The summed E-state index contributed by atoms with van der Waals surface area (Å²) in [6.07, 6.45) is 1.32. The van der Waals surface area contributed by atoms with E-state index < -0.39 is 10.8 Å². The summed E-state index contributed by atoms with van der Waals surface area (Å²) in [5.74, 6) is 0.376. The predicted octanol–water partition coefficient (Wildman–Crippen LogP) is 0.0701. The second-order valence-corrected chi connectivity index (χ2v) is 4.92. The molecule has 0 saturated heterocycles. The molecule has 1 rings (SSSR count). The maximum absolute atomic E-state index is 11.4. The van der Waals surface area contributed by atoms with E-state index in [4.69, 9.17) is 0 Å². The average Bonchev–Trinajstić information content (AvgIpc) is 2.39. The Kier molecular flexibility index (Phi) is 3.57. The Bertz CT molecular complexity index is 322. The summed E-state index contributed by atoms with van der Waals surface area (Å²) >= 11 is 0. The van der Waals surface area contributed by atoms with Crippen LogP contribution in [0.4, 0.5) is 0 Å². The standard InChI is InChI=1S/C9H13NO3S/c1-3-14(13)5-4-10-8(11)6-7(2)9(10)12/h6H,3-5H2,1-2H3. The Morgan fingerprint density at radius 2 is 2.07 bits per heavy atom. The van der Waals surface area contributed by atoms with Crippen LogP contribution in [0.1, 0.15) is 13.8 Å². The van der Waals surface area contributed by atoms with E-state index in [0.717, 1.165) is 4.90 Å². The molecule has 0 fully saturated rings. The maximum Gasteiger partial charge on any atom is 0.256 e. The molecule has 1 aliphatic rings. The highest BCUT2D eigenvalue weighted by atomic mass is 32.2. The third kappa shape index (κ3) is 2.29. The number of carbonyl (C=O) groups excluding carboxylic acids is 2. The van der Waals surface area contributed by atoms with Crippen molar-refractivity contribution < 1.29 is 13.8 Å². The van der Waals surface area contributed by atoms with Gasteiger partial charge < -0.3 is 0 Å². The molecule has 78 valence electrons. The number of rotatable bonds is 4. The minimum Gasteiger partial charge on any atom is -0.274 e. The maximum atomic E-state index is 11.4. The fourth-order valence-electron chi connectivity index (χ4n) is 1.19. The molecule has 0 aromatic carbocycles. The van der Waals surface area contributed by atoms with E-state index in [-0.39, 0.29) is 18.4 Å². The number of hydrogen-bond donors (Lipinski definition) is 0. The molecule has 5 heteroatoms. The van der Waals surface area contributed by atoms with Gasteiger partial charge in [-0.25, -0.2) is 0 Å². The van der Waals surface area contributed by atoms with Gasteiger partial charge in [0.05, 0.1) is 0 Å². The topological polar surface area (TPSA) is 54.5 Å². The van der Waals surface area contributed by atoms with Gasteiger partial charge in [-0.1, -0.05) is 6.92 Å². The van der Waals surface area contributed by atoms with Gasteiger partial charge in [0.15, 0.2) is 0 Å². The van der Waals surface area contributed by atoms with Crippen LogP contribution in [0.5, 0.6) is 0 Å². The van der Waals surface area contributed by atoms with Crippen LogP contribution in [0.3, 0.4) is 0 Å². The van der Waals surface area contributed by atoms with Crippen molar-refractivity contribution in [3.8, 4) is 0 Å². The van der Waals surface area contributed by atoms with Gasteiger partial charge in [-0.05, 0) is 6.92 Å². The van der Waals surface area contributed by atoms with Gasteiger partial charge in [-0.15, -0.1) is 0 Å². The van der Waals surface area contributed by atoms with Crippen molar-refractivity contribution >= 4 is 22.6 Å². The molecule has 1 heterocycles. The molecule has 0 radical (unpaired) electrons. The Balaban J connectivity index is 2.52. The molecule has 0 bridgehead atoms. The van der Waals surface area contributed by atoms with Crippen molar-refractivity contribution in [2.24, 2.45) is 0 Å². The quantitative estimate of drug-likeness (QED) is 0.624. The normalized spacial score (nSPS) is 18.7. The average molecular weight is 215 g/mol. The zero-order chi connectivity index (χ0) is 10.7. The highest BCUT2D eigenvalue weighted by molar-refractivity contribution is 7.84. The number of nitrogens with zero attached hydrogens (tertiary/aromatic N) is 1. The summed E-state index contributed by atoms with van der Waals surface area (Å²) in [5, 5.41) is 0. The summed E-state index contributed by atoms with van der Waals surface area (Å²) in [5.41, 5.74) is 0.456. The van der Waals surface area contributed by atoms with E-state index in [1.54, 1.807) is 6.92 Å². The molecule has 14 heavy (non-hydrogen) atoms. The van der Waals surface area contributed by atoms with Crippen molar-refractivity contribution in [3.05, 3.63) is 11.6 Å². The Labute approximate surface area is 85.4 Å². The van der Waals surface area contributed by atoms with E-state index >= 15 is 0 Å². The smallest absolute Gasteiger partial charge is 0.256 e. The second-order valence-electron chi connectivity index (χ2n) is 3.06. The van der Waals surface area contributed by atoms with Gasteiger partial charge in [0.25, 0.3) is 11.8 Å². The monoisotopic (exact) mass is 215 g/mol. The van der Waals surface area contributed by atoms with Crippen LogP contribution in [0.2, 0.25) is 0 Å². The lowest BCUT2D eigenvalue weighted by molar-refractivity contribution is -0.136. The molecule has 1 atom stereocenters. The largest absolute Gasteiger partial charge is 0.274 e. The molecule has 2 amide bonds. The zero-order valence-electron chi connectivity index (χ0n) is 8.28. The molecule has 0 aromatic heterocycles. The summed E-state index contributed by atoms with van der Waals surface area (Å²) < 4.78 is 11.1. The number of hydrogen-bond acceptors (Lipinski definition) is 3. The lowest BCUT2D eigenvalue weighted by Gasteiger charge is -2.13. The van der Waals surface area contributed by atoms with Crippen molar-refractivity contribution in [2.75, 3.05) is 18.1 Å². The first kappa shape index (κ1) is 11.1. The molecular formula is C9H13NO3S. The lowest BCUT2D eigenvalue weighted by atomic mass is 10.3. The van der Waals surface area contributed by atoms with E-state index in [0.29, 0.717) is 17.1 Å². The van der Waals surface area contributed by atoms with Crippen LogP contribution in [-0.4, -0.2) is 39.0 Å². The number of amides is 2. The van der Waals surface area contributed by atoms with Crippen LogP contribution in [0.15, 0.2) is 11.6 Å². The first-order valence-corrected chi connectivity index (χ1v) is 5.94. The molecule has 0 aliphatic carbocycles. The molecule has 0 N–H and O–H groups in total. The number of carbonyl (C=O) groups is 2. The van der Waals surface area contributed by atoms with Crippen LogP contribution >= 0.6 is 0 Å². The van der Waals surface area contributed by atoms with Gasteiger partial charge in [-0.3, -0.25) is 18.7 Å². The van der Waals surface area contributed by atoms with Crippen molar-refractivity contribution in [2.45, 2.75) is 13.8 Å². The van der Waals surface area contributed by atoms with E-state index in [1.807, 2.05) is 6.92 Å². The van der Waals surface area contributed by atoms with Crippen LogP contribution < -0.4 is 0 Å². The van der Waals surface area contributed by atoms with Crippen LogP contribution in [0.25, 0.3) is 0 Å². The first-order chi connectivity index (χ1) is 6.56. The van der Waals surface area contributed by atoms with Gasteiger partial charge in [0, 0.05) is 40.5 Å². The minimum absolute atomic E-state index is 0.256. The Morgan fingerprint density at radius 1 is 1.43 bits per heavy atom. The molecule has 0 saturated carbocycles. The van der Waals surface area contributed by atoms with Gasteiger partial charge >= 0.3 is 0 Å². The highest BCUT2D eigenvalue weighted by Gasteiger charge is 2.27. The van der Waals surface area contributed by atoms with E-state index in [1.165, 1.54) is 6.08 Å². The van der Waals surface area contributed by atoms with Crippen LogP contribution in [-0.2, 0) is 20.4 Å². The first-order valence-electron chi connectivity index (χ1n) is 4.45. The molecule has 4 nitrogen and oxygen atoms in total. The lowest BCUT2D eigenvalue weighted by Crippen LogP contribution is -2.34. The molecule has 0 spiro atoms. The van der Waals surface area contributed by atoms with Crippen molar-refractivity contribution in [1.82, 2.24) is 4.90 Å². The zero-order valence-corrected chi connectivity index (χ0v) is 9.10. The summed E-state index contributed by atoms with van der Waals surface area (Å²) in [7, 11) is -0.933. The third-order valence-electron chi connectivity index (χ3n) is 2.05. The van der Waals surface area contributed by atoms with E-state index in [9.17, 15) is 13.8 Å². The van der Waals surface area contributed by atoms with Gasteiger partial charge in [-0.2, -0.15) is 0 Å². The van der Waals surface area contributed by atoms with Crippen molar-refractivity contribution in [3.63, 3.8) is 0 Å². The highest BCUT2D eigenvalue weighted by Crippen LogP contribution is 2.11. The molecular weight excluding hydrogens is 202 g/mol. The fraction of sp³-hybridized carbons (Fsp3) is 0.556. The van der Waals surface area contributed by atoms with E-state index in [2.05, 4.69) is 0 Å². The minimum atomic E-state index is -0.933. The molecule has 1 unspecified atom stereocenters. The fourth-order valence-corrected chi connectivity index (χ4v) is 1.86. The summed E-state index contributed by atoms with van der Waals surface area (Å²) in [6, 6.07) is 0. The molecule has 1 aliphatic heterocycles. The Hall–Kier alpha value is -0.970. The summed E-state index contributed by atoms with van der Waals surface area (Å²) in [6.45, 7) is 3.68. The van der Waals surface area contributed by atoms with Gasteiger partial charge in [0.2, 0.25) is 0 Å². The summed E-state index contributed by atoms with van der Waals surface area (Å²) in [4.78, 5) is 23.7. The Morgan fingerprint density at radius 3 is 2.50 bits per heavy atom. The van der Waals surface area contributed by atoms with Crippen molar-refractivity contribution in [1.29, 1.82) is 0 Å². The SMILES string of the molecule is CCS(=O)CCN1C(=O)C=C(C)C1=O. The van der Waals surface area contributed by atoms with Gasteiger partial charge in [0.1, 0.15) is 0 Å². The number of imide groups is 1. The van der Waals surface area contributed by atoms with Crippen LogP contribution in [0, 0.1) is 0 Å². The predicted molar refractivity (Wildman–Crippen MR) is 54.0 cm³/mol. The second kappa shape index (κ2) is 4.50. The molecule has 0 aromatic rings. The third-order valence-corrected chi connectivity index (χ3v) is 3.33.